The minimum atomic E-state index is -0.277. The fraction of sp³-hybridized carbons (Fsp3) is 0.158. The first kappa shape index (κ1) is 14.7. The number of hydrogen-bond donors (Lipinski definition) is 2. The molecule has 2 aromatic heterocycles. The molecule has 0 aliphatic carbocycles. The number of benzene rings is 1. The number of nitrogens with one attached hydrogen (secondary N) is 2. The van der Waals surface area contributed by atoms with E-state index in [1.54, 1.807) is 30.6 Å². The lowest BCUT2D eigenvalue weighted by Crippen LogP contribution is -2.23. The van der Waals surface area contributed by atoms with Gasteiger partial charge in [-0.2, -0.15) is 0 Å². The summed E-state index contributed by atoms with van der Waals surface area (Å²) in [5.74, 6) is 0.742. The van der Waals surface area contributed by atoms with Crippen LogP contribution >= 0.6 is 0 Å². The maximum atomic E-state index is 12.3. The number of furan rings is 1. The Labute approximate surface area is 139 Å². The molecule has 120 valence electrons. The molecule has 0 atom stereocenters. The molecule has 5 heteroatoms. The van der Waals surface area contributed by atoms with Gasteiger partial charge in [0.15, 0.2) is 5.76 Å². The molecule has 2 N–H and O–H groups in total. The van der Waals surface area contributed by atoms with Crippen LogP contribution in [-0.2, 0) is 13.0 Å². The average Bonchev–Trinajstić information content (AvgIpc) is 3.12. The van der Waals surface area contributed by atoms with Crippen LogP contribution in [0.25, 0.3) is 11.3 Å². The highest BCUT2D eigenvalue weighted by molar-refractivity contribution is 6.02. The van der Waals surface area contributed by atoms with Crippen molar-refractivity contribution in [3.8, 4) is 11.3 Å². The van der Waals surface area contributed by atoms with Crippen molar-refractivity contribution in [2.45, 2.75) is 13.0 Å². The van der Waals surface area contributed by atoms with Crippen LogP contribution in [0.2, 0.25) is 0 Å². The Morgan fingerprint density at radius 3 is 3.00 bits per heavy atom. The molecule has 0 unspecified atom stereocenters. The second-order valence-corrected chi connectivity index (χ2v) is 5.73. The topological polar surface area (TPSA) is 67.2 Å². The van der Waals surface area contributed by atoms with Gasteiger partial charge in [0.2, 0.25) is 0 Å². The molecule has 0 radical (unpaired) electrons. The summed E-state index contributed by atoms with van der Waals surface area (Å²) in [6.07, 6.45) is 4.22. The van der Waals surface area contributed by atoms with Gasteiger partial charge >= 0.3 is 0 Å². The quantitative estimate of drug-likeness (QED) is 0.778. The van der Waals surface area contributed by atoms with Gasteiger partial charge < -0.3 is 15.1 Å². The lowest BCUT2D eigenvalue weighted by atomic mass is 9.94. The van der Waals surface area contributed by atoms with E-state index in [4.69, 9.17) is 4.42 Å². The van der Waals surface area contributed by atoms with Gasteiger partial charge in [0.1, 0.15) is 5.76 Å². The largest absolute Gasteiger partial charge is 0.451 e. The maximum absolute atomic E-state index is 12.3. The Kier molecular flexibility index (Phi) is 3.84. The van der Waals surface area contributed by atoms with Gasteiger partial charge in [-0.1, -0.05) is 18.2 Å². The maximum Gasteiger partial charge on any atom is 0.291 e. The number of amides is 1. The number of carbonyl (C=O) groups excluding carboxylic acids is 1. The average molecular weight is 319 g/mol. The Hall–Kier alpha value is -2.92. The number of carbonyl (C=O) groups is 1. The van der Waals surface area contributed by atoms with Gasteiger partial charge in [0.05, 0.1) is 11.9 Å². The van der Waals surface area contributed by atoms with Crippen molar-refractivity contribution >= 4 is 11.6 Å². The molecule has 5 nitrogen and oxygen atoms in total. The summed E-state index contributed by atoms with van der Waals surface area (Å²) in [6, 6.07) is 13.3. The van der Waals surface area contributed by atoms with Gasteiger partial charge in [-0.15, -0.1) is 0 Å². The first-order valence-corrected chi connectivity index (χ1v) is 7.94. The predicted molar refractivity (Wildman–Crippen MR) is 91.7 cm³/mol. The van der Waals surface area contributed by atoms with Crippen molar-refractivity contribution in [1.82, 2.24) is 10.3 Å². The number of pyridine rings is 1. The van der Waals surface area contributed by atoms with Crippen molar-refractivity contribution in [2.24, 2.45) is 0 Å². The van der Waals surface area contributed by atoms with Crippen molar-refractivity contribution < 1.29 is 9.21 Å². The van der Waals surface area contributed by atoms with Crippen LogP contribution in [0, 0.1) is 0 Å². The van der Waals surface area contributed by atoms with Crippen LogP contribution in [0.3, 0.4) is 0 Å². The highest BCUT2D eigenvalue weighted by atomic mass is 16.3. The lowest BCUT2D eigenvalue weighted by Gasteiger charge is -2.19. The number of hydrogen-bond acceptors (Lipinski definition) is 4. The van der Waals surface area contributed by atoms with E-state index in [-0.39, 0.29) is 5.91 Å². The molecule has 0 fully saturated rings. The minimum Gasteiger partial charge on any atom is -0.451 e. The van der Waals surface area contributed by atoms with Gasteiger partial charge in [0.25, 0.3) is 5.91 Å². The van der Waals surface area contributed by atoms with E-state index in [2.05, 4.69) is 21.7 Å². The van der Waals surface area contributed by atoms with E-state index in [9.17, 15) is 4.79 Å². The predicted octanol–water partition coefficient (Wildman–Crippen LogP) is 3.24. The third kappa shape index (κ3) is 2.81. The van der Waals surface area contributed by atoms with Crippen molar-refractivity contribution in [3.05, 3.63) is 71.7 Å². The summed E-state index contributed by atoms with van der Waals surface area (Å²) in [7, 11) is 0. The minimum absolute atomic E-state index is 0.277. The van der Waals surface area contributed by atoms with Crippen molar-refractivity contribution in [3.63, 3.8) is 0 Å². The first-order chi connectivity index (χ1) is 11.8. The zero-order valence-corrected chi connectivity index (χ0v) is 13.1. The lowest BCUT2D eigenvalue weighted by molar-refractivity contribution is 0.0997. The van der Waals surface area contributed by atoms with Gasteiger partial charge in [-0.3, -0.25) is 9.78 Å². The van der Waals surface area contributed by atoms with Crippen LogP contribution in [0.15, 0.2) is 59.3 Å². The van der Waals surface area contributed by atoms with Crippen LogP contribution < -0.4 is 10.6 Å². The number of fused-ring (bicyclic) bond motifs is 1. The molecule has 0 spiro atoms. The molecular weight excluding hydrogens is 302 g/mol. The summed E-state index contributed by atoms with van der Waals surface area (Å²) in [5, 5.41) is 6.15. The molecule has 3 heterocycles. The molecule has 1 aliphatic rings. The first-order valence-electron chi connectivity index (χ1n) is 7.94. The van der Waals surface area contributed by atoms with E-state index < -0.39 is 0 Å². The smallest absolute Gasteiger partial charge is 0.291 e. The van der Waals surface area contributed by atoms with E-state index in [0.717, 1.165) is 30.8 Å². The Morgan fingerprint density at radius 2 is 2.12 bits per heavy atom. The molecular formula is C19H17N3O2. The molecule has 1 aromatic carbocycles. The number of rotatable bonds is 3. The van der Waals surface area contributed by atoms with Crippen molar-refractivity contribution in [2.75, 3.05) is 11.9 Å². The summed E-state index contributed by atoms with van der Waals surface area (Å²) >= 11 is 0. The second kappa shape index (κ2) is 6.29. The normalized spacial score (nSPS) is 13.3. The zero-order valence-electron chi connectivity index (χ0n) is 13.1. The molecule has 3 aromatic rings. The fourth-order valence-corrected chi connectivity index (χ4v) is 3.00. The van der Waals surface area contributed by atoms with Crippen LogP contribution in [-0.4, -0.2) is 17.4 Å². The fourth-order valence-electron chi connectivity index (χ4n) is 3.00. The molecule has 24 heavy (non-hydrogen) atoms. The number of anilines is 1. The van der Waals surface area contributed by atoms with E-state index in [1.807, 2.05) is 18.2 Å². The SMILES string of the molecule is O=C(Nc1cccnc1)c1ccc(-c2cccc3c2CCNC3)o1. The van der Waals surface area contributed by atoms with E-state index >= 15 is 0 Å². The zero-order chi connectivity index (χ0) is 16.4. The summed E-state index contributed by atoms with van der Waals surface area (Å²) < 4.78 is 5.82. The van der Waals surface area contributed by atoms with E-state index in [0.29, 0.717) is 11.4 Å². The highest BCUT2D eigenvalue weighted by Crippen LogP contribution is 2.30. The van der Waals surface area contributed by atoms with Crippen LogP contribution in [0.4, 0.5) is 5.69 Å². The molecule has 0 saturated carbocycles. The standard InChI is InChI=1S/C19H17N3O2/c23-19(22-14-4-2-9-20-12-14)18-7-6-17(24-18)16-5-1-3-13-11-21-10-8-15(13)16/h1-7,9,12,21H,8,10-11H2,(H,22,23). The van der Waals surface area contributed by atoms with E-state index in [1.165, 1.54) is 11.1 Å². The number of nitrogens with zero attached hydrogens (tertiary/aromatic N) is 1. The Balaban J connectivity index is 1.60. The molecule has 4 rings (SSSR count). The van der Waals surface area contributed by atoms with Gasteiger partial charge in [-0.05, 0) is 48.4 Å². The number of aromatic nitrogens is 1. The third-order valence-electron chi connectivity index (χ3n) is 4.15. The summed E-state index contributed by atoms with van der Waals surface area (Å²) in [4.78, 5) is 16.3. The molecule has 0 saturated heterocycles. The Morgan fingerprint density at radius 1 is 1.17 bits per heavy atom. The molecule has 0 bridgehead atoms. The highest BCUT2D eigenvalue weighted by Gasteiger charge is 2.17. The van der Waals surface area contributed by atoms with Gasteiger partial charge in [0, 0.05) is 18.3 Å². The Bertz CT molecular complexity index is 871. The van der Waals surface area contributed by atoms with Gasteiger partial charge in [-0.25, -0.2) is 0 Å². The summed E-state index contributed by atoms with van der Waals surface area (Å²) in [5.41, 5.74) is 4.29. The van der Waals surface area contributed by atoms with Crippen LogP contribution in [0.1, 0.15) is 21.7 Å². The van der Waals surface area contributed by atoms with Crippen LogP contribution in [0.5, 0.6) is 0 Å². The summed E-state index contributed by atoms with van der Waals surface area (Å²) in [6.45, 7) is 1.83. The molecule has 1 amide bonds. The second-order valence-electron chi connectivity index (χ2n) is 5.73. The third-order valence-corrected chi connectivity index (χ3v) is 4.15. The molecule has 1 aliphatic heterocycles. The van der Waals surface area contributed by atoms with Crippen molar-refractivity contribution in [1.29, 1.82) is 0 Å². The monoisotopic (exact) mass is 319 g/mol.